The quantitative estimate of drug-likeness (QED) is 0.250. The number of aldehydes is 1. The minimum absolute atomic E-state index is 0.111. The molecule has 3 atom stereocenters. The predicted octanol–water partition coefficient (Wildman–Crippen LogP) is 3.24. The zero-order valence-corrected chi connectivity index (χ0v) is 24.2. The van der Waals surface area contributed by atoms with Crippen molar-refractivity contribution >= 4 is 35.7 Å². The number of carboxylic acids is 1. The number of nitrogens with one attached hydrogen (secondary N) is 2. The number of ether oxygens (including phenoxy) is 1. The lowest BCUT2D eigenvalue weighted by atomic mass is 9.66. The molecule has 0 saturated heterocycles. The molecule has 1 aromatic carbocycles. The van der Waals surface area contributed by atoms with Crippen LogP contribution in [0.15, 0.2) is 46.7 Å². The number of carbonyl (C=O) groups is 4. The third-order valence-electron chi connectivity index (χ3n) is 7.93. The molecule has 1 saturated carbocycles. The van der Waals surface area contributed by atoms with Crippen molar-refractivity contribution < 1.29 is 34.1 Å². The first-order valence-corrected chi connectivity index (χ1v) is 13.5. The number of primary amides is 1. The molecule has 1 aromatic rings. The Morgan fingerprint density at radius 1 is 1.23 bits per heavy atom. The van der Waals surface area contributed by atoms with Gasteiger partial charge in [0.25, 0.3) is 0 Å². The van der Waals surface area contributed by atoms with Gasteiger partial charge in [0.1, 0.15) is 30.4 Å². The molecule has 0 heterocycles. The van der Waals surface area contributed by atoms with Gasteiger partial charge in [0.2, 0.25) is 11.8 Å². The van der Waals surface area contributed by atoms with Crippen molar-refractivity contribution in [1.82, 2.24) is 10.6 Å². The van der Waals surface area contributed by atoms with Crippen LogP contribution < -0.4 is 21.1 Å². The molecule has 1 fully saturated rings. The second kappa shape index (κ2) is 14.3. The summed E-state index contributed by atoms with van der Waals surface area (Å²) in [5.41, 5.74) is 4.80. The van der Waals surface area contributed by atoms with Gasteiger partial charge in [-0.05, 0) is 49.4 Å². The highest BCUT2D eigenvalue weighted by Gasteiger charge is 2.54. The number of rotatable bonds is 11. The molecule has 6 N–H and O–H groups in total. The van der Waals surface area contributed by atoms with Crippen LogP contribution in [0.1, 0.15) is 52.0 Å². The van der Waals surface area contributed by atoms with Crippen LogP contribution in [0.5, 0.6) is 5.75 Å². The van der Waals surface area contributed by atoms with Gasteiger partial charge in [-0.15, -0.1) is 0 Å². The van der Waals surface area contributed by atoms with Gasteiger partial charge in [0.05, 0.1) is 6.54 Å². The van der Waals surface area contributed by atoms with E-state index in [0.717, 1.165) is 11.8 Å². The summed E-state index contributed by atoms with van der Waals surface area (Å²) >= 11 is 6.14. The number of halogens is 1. The molecule has 10 nitrogen and oxygen atoms in total. The number of benzene rings is 1. The van der Waals surface area contributed by atoms with Crippen LogP contribution in [-0.2, 0) is 25.6 Å². The van der Waals surface area contributed by atoms with Gasteiger partial charge in [0.15, 0.2) is 0 Å². The van der Waals surface area contributed by atoms with Gasteiger partial charge >= 0.3 is 5.97 Å². The molecule has 220 valence electrons. The lowest BCUT2D eigenvalue weighted by molar-refractivity contribution is -0.143. The van der Waals surface area contributed by atoms with Gasteiger partial charge in [-0.2, -0.15) is 0 Å². The first-order valence-electron chi connectivity index (χ1n) is 13.2. The number of amides is 2. The third kappa shape index (κ3) is 8.32. The van der Waals surface area contributed by atoms with Crippen molar-refractivity contribution in [3.8, 4) is 5.75 Å². The summed E-state index contributed by atoms with van der Waals surface area (Å²) in [7, 11) is 1.67. The van der Waals surface area contributed by atoms with Crippen LogP contribution in [0.25, 0.3) is 0 Å². The first-order chi connectivity index (χ1) is 18.8. The first kappa shape index (κ1) is 32.8. The summed E-state index contributed by atoms with van der Waals surface area (Å²) in [4.78, 5) is 46.2. The molecular formula is C29H40ClN3O7. The SMILES string of the molecule is CC1(C)[C@@H](C(=O)N[C@@H](Cc2ccc(OCC3=C(O)CCC=C3Cl)cc2)C(=O)O)CC[C@@]1(C)C=O.CNCC(N)=O. The lowest BCUT2D eigenvalue weighted by Gasteiger charge is -2.37. The van der Waals surface area contributed by atoms with E-state index in [2.05, 4.69) is 10.6 Å². The zero-order valence-electron chi connectivity index (χ0n) is 23.5. The van der Waals surface area contributed by atoms with Crippen LogP contribution in [-0.4, -0.2) is 60.5 Å². The highest BCUT2D eigenvalue weighted by Crippen LogP contribution is 2.54. The highest BCUT2D eigenvalue weighted by atomic mass is 35.5. The smallest absolute Gasteiger partial charge is 0.326 e. The summed E-state index contributed by atoms with van der Waals surface area (Å²) in [6.45, 7) is 6.02. The number of hydrogen-bond donors (Lipinski definition) is 5. The maximum Gasteiger partial charge on any atom is 0.326 e. The second-order valence-corrected chi connectivity index (χ2v) is 11.3. The van der Waals surface area contributed by atoms with E-state index in [-0.39, 0.29) is 37.1 Å². The molecule has 3 rings (SSSR count). The second-order valence-electron chi connectivity index (χ2n) is 10.9. The Bertz CT molecular complexity index is 1150. The molecule has 0 unspecified atom stereocenters. The molecule has 0 aliphatic heterocycles. The van der Waals surface area contributed by atoms with Gasteiger partial charge in [-0.25, -0.2) is 4.79 Å². The fourth-order valence-corrected chi connectivity index (χ4v) is 5.13. The van der Waals surface area contributed by atoms with Crippen LogP contribution in [0.3, 0.4) is 0 Å². The minimum Gasteiger partial charge on any atom is -0.512 e. The van der Waals surface area contributed by atoms with Crippen molar-refractivity contribution in [3.05, 3.63) is 52.3 Å². The van der Waals surface area contributed by atoms with Crippen molar-refractivity contribution in [3.63, 3.8) is 0 Å². The molecule has 2 aliphatic rings. The van der Waals surface area contributed by atoms with Crippen LogP contribution >= 0.6 is 11.6 Å². The molecule has 40 heavy (non-hydrogen) atoms. The molecule has 0 spiro atoms. The zero-order chi connectivity index (χ0) is 30.1. The molecule has 2 aliphatic carbocycles. The Morgan fingerprint density at radius 3 is 2.35 bits per heavy atom. The summed E-state index contributed by atoms with van der Waals surface area (Å²) in [6, 6.07) is 5.82. The Kier molecular flexibility index (Phi) is 11.8. The molecule has 0 bridgehead atoms. The van der Waals surface area contributed by atoms with E-state index in [1.54, 1.807) is 31.3 Å². The summed E-state index contributed by atoms with van der Waals surface area (Å²) in [5.74, 6) is -1.44. The number of aliphatic hydroxyl groups is 1. The fourth-order valence-electron chi connectivity index (χ4n) is 4.85. The van der Waals surface area contributed by atoms with E-state index in [1.807, 2.05) is 26.8 Å². The van der Waals surface area contributed by atoms with E-state index in [4.69, 9.17) is 22.1 Å². The number of aliphatic carboxylic acids is 1. The van der Waals surface area contributed by atoms with Crippen LogP contribution in [0.4, 0.5) is 0 Å². The topological polar surface area (TPSA) is 168 Å². The number of hydrogen-bond acceptors (Lipinski definition) is 7. The van der Waals surface area contributed by atoms with Crippen molar-refractivity contribution in [2.45, 2.75) is 58.9 Å². The summed E-state index contributed by atoms with van der Waals surface area (Å²) < 4.78 is 5.72. The van der Waals surface area contributed by atoms with Gasteiger partial charge in [-0.3, -0.25) is 9.59 Å². The number of nitrogens with two attached hydrogens (primary N) is 1. The largest absolute Gasteiger partial charge is 0.512 e. The average Bonchev–Trinajstić information content (AvgIpc) is 3.13. The monoisotopic (exact) mass is 577 g/mol. The molecule has 11 heteroatoms. The standard InChI is InChI=1S/C26H32ClNO6.C3H8N2O/c1-25(2)19(11-12-26(25,3)15-29)23(31)28-21(24(32)33)13-16-7-9-17(10-8-16)34-14-18-20(27)5-4-6-22(18)30;1-5-2-3(4)6/h5,7-10,15,19,21,30H,4,6,11-14H2,1-3H3,(H,28,31)(H,32,33);5H,2H2,1H3,(H2,4,6)/t19-,21+,26+;/m1./s1. The van der Waals surface area contributed by atoms with Crippen molar-refractivity contribution in [1.29, 1.82) is 0 Å². The summed E-state index contributed by atoms with van der Waals surface area (Å²) in [5, 5.41) is 25.5. The number of allylic oxidation sites excluding steroid dienone is 2. The Hall–Kier alpha value is -3.37. The molecular weight excluding hydrogens is 538 g/mol. The maximum atomic E-state index is 13.0. The fraction of sp³-hybridized carbons (Fsp3) is 0.517. The number of carboxylic acid groups (broad SMARTS) is 1. The number of carbonyl (C=O) groups excluding carboxylic acids is 3. The van der Waals surface area contributed by atoms with Crippen LogP contribution in [0.2, 0.25) is 0 Å². The Morgan fingerprint density at radius 2 is 1.88 bits per heavy atom. The predicted molar refractivity (Wildman–Crippen MR) is 152 cm³/mol. The number of aliphatic hydroxyl groups excluding tert-OH is 1. The lowest BCUT2D eigenvalue weighted by Crippen LogP contribution is -2.48. The van der Waals surface area contributed by atoms with E-state index in [0.29, 0.717) is 42.0 Å². The molecule has 0 radical (unpaired) electrons. The molecule has 0 aromatic heterocycles. The van der Waals surface area contributed by atoms with Crippen LogP contribution in [0, 0.1) is 16.7 Å². The van der Waals surface area contributed by atoms with Gasteiger partial charge < -0.3 is 36.1 Å². The van der Waals surface area contributed by atoms with E-state index in [1.165, 1.54) is 0 Å². The van der Waals surface area contributed by atoms with Gasteiger partial charge in [-0.1, -0.05) is 50.6 Å². The van der Waals surface area contributed by atoms with Gasteiger partial charge in [0, 0.05) is 34.8 Å². The average molecular weight is 578 g/mol. The number of likely N-dealkylation sites (N-methyl/N-ethyl adjacent to an activating group) is 1. The van der Waals surface area contributed by atoms with E-state index >= 15 is 0 Å². The normalized spacial score (nSPS) is 22.3. The van der Waals surface area contributed by atoms with E-state index in [9.17, 15) is 29.4 Å². The van der Waals surface area contributed by atoms with E-state index < -0.39 is 28.8 Å². The van der Waals surface area contributed by atoms with Crippen molar-refractivity contribution in [2.24, 2.45) is 22.5 Å². The highest BCUT2D eigenvalue weighted by molar-refractivity contribution is 6.32. The third-order valence-corrected chi connectivity index (χ3v) is 8.31. The summed E-state index contributed by atoms with van der Waals surface area (Å²) in [6.07, 6.45) is 5.22. The van der Waals surface area contributed by atoms with Crippen molar-refractivity contribution in [2.75, 3.05) is 20.2 Å². The minimum atomic E-state index is -1.12. The Balaban J connectivity index is 0.000000840. The maximum absolute atomic E-state index is 13.0. The Labute approximate surface area is 240 Å². The molecule has 2 amide bonds.